The largest absolute Gasteiger partial charge is 0.367 e. The van der Waals surface area contributed by atoms with E-state index in [1.54, 1.807) is 0 Å². The molecular weight excluding hydrogens is 232 g/mol. The predicted octanol–water partition coefficient (Wildman–Crippen LogP) is 4.61. The molecule has 0 aromatic heterocycles. The average molecular weight is 251 g/mol. The molecule has 0 amide bonds. The van der Waals surface area contributed by atoms with Gasteiger partial charge in [-0.1, -0.05) is 38.3 Å². The third-order valence-corrected chi connectivity index (χ3v) is 3.25. The Bertz CT molecular complexity index is 380. The first-order chi connectivity index (χ1) is 8.15. The molecule has 0 aliphatic rings. The van der Waals surface area contributed by atoms with Gasteiger partial charge in [0.2, 0.25) is 0 Å². The lowest BCUT2D eigenvalue weighted by Gasteiger charge is -2.27. The molecule has 1 unspecified atom stereocenters. The highest BCUT2D eigenvalue weighted by molar-refractivity contribution is 6.30. The molecule has 1 N–H and O–H groups in total. The van der Waals surface area contributed by atoms with E-state index in [0.717, 1.165) is 31.4 Å². The molecule has 0 radical (unpaired) electrons. The van der Waals surface area contributed by atoms with Crippen LogP contribution in [-0.4, -0.2) is 5.54 Å². The number of benzene rings is 1. The SMILES string of the molecule is CCCCC(C#N)(CC)Nc1ccc(Cl)cc1. The molecular formula is C14H19ClN2. The monoisotopic (exact) mass is 250 g/mol. The second-order valence-corrected chi connectivity index (χ2v) is 4.72. The quantitative estimate of drug-likeness (QED) is 0.800. The standard InChI is InChI=1S/C14H19ClN2/c1-3-5-10-14(4-2,11-16)17-13-8-6-12(15)7-9-13/h6-9,17H,3-5,10H2,1-2H3. The molecule has 1 aromatic rings. The number of anilines is 1. The zero-order valence-corrected chi connectivity index (χ0v) is 11.2. The first kappa shape index (κ1) is 13.9. The van der Waals surface area contributed by atoms with Crippen LogP contribution in [0.1, 0.15) is 39.5 Å². The zero-order chi connectivity index (χ0) is 12.7. The van der Waals surface area contributed by atoms with Crippen molar-refractivity contribution in [2.24, 2.45) is 0 Å². The Morgan fingerprint density at radius 3 is 2.41 bits per heavy atom. The molecule has 0 bridgehead atoms. The minimum absolute atomic E-state index is 0.455. The summed E-state index contributed by atoms with van der Waals surface area (Å²) >= 11 is 5.84. The Morgan fingerprint density at radius 2 is 1.94 bits per heavy atom. The van der Waals surface area contributed by atoms with Crippen LogP contribution < -0.4 is 5.32 Å². The number of rotatable bonds is 6. The fourth-order valence-electron chi connectivity index (χ4n) is 1.78. The molecule has 17 heavy (non-hydrogen) atoms. The maximum Gasteiger partial charge on any atom is 0.125 e. The second kappa shape index (κ2) is 6.51. The van der Waals surface area contributed by atoms with Gasteiger partial charge in [0.1, 0.15) is 5.54 Å². The van der Waals surface area contributed by atoms with Crippen LogP contribution in [0.25, 0.3) is 0 Å². The van der Waals surface area contributed by atoms with Crippen molar-refractivity contribution in [1.29, 1.82) is 5.26 Å². The molecule has 0 spiro atoms. The maximum atomic E-state index is 9.38. The van der Waals surface area contributed by atoms with Crippen molar-refractivity contribution in [3.8, 4) is 6.07 Å². The van der Waals surface area contributed by atoms with Gasteiger partial charge in [0.15, 0.2) is 0 Å². The third kappa shape index (κ3) is 3.94. The molecule has 0 fully saturated rings. The summed E-state index contributed by atoms with van der Waals surface area (Å²) in [7, 11) is 0. The number of halogens is 1. The average Bonchev–Trinajstić information content (AvgIpc) is 2.37. The molecule has 0 saturated heterocycles. The summed E-state index contributed by atoms with van der Waals surface area (Å²) < 4.78 is 0. The van der Waals surface area contributed by atoms with Crippen LogP contribution in [0.15, 0.2) is 24.3 Å². The van der Waals surface area contributed by atoms with E-state index in [2.05, 4.69) is 18.3 Å². The predicted molar refractivity (Wildman–Crippen MR) is 73.2 cm³/mol. The summed E-state index contributed by atoms with van der Waals surface area (Å²) in [5.74, 6) is 0. The molecule has 1 aromatic carbocycles. The van der Waals surface area contributed by atoms with Crippen LogP contribution in [0.5, 0.6) is 0 Å². The van der Waals surface area contributed by atoms with Gasteiger partial charge in [0.25, 0.3) is 0 Å². The Kier molecular flexibility index (Phi) is 5.31. The van der Waals surface area contributed by atoms with E-state index in [9.17, 15) is 5.26 Å². The van der Waals surface area contributed by atoms with Crippen LogP contribution >= 0.6 is 11.6 Å². The van der Waals surface area contributed by atoms with Crippen LogP contribution in [0.3, 0.4) is 0 Å². The van der Waals surface area contributed by atoms with Gasteiger partial charge in [-0.3, -0.25) is 0 Å². The highest BCUT2D eigenvalue weighted by Crippen LogP contribution is 2.24. The number of hydrogen-bond donors (Lipinski definition) is 1. The van der Waals surface area contributed by atoms with E-state index in [-0.39, 0.29) is 0 Å². The number of hydrogen-bond acceptors (Lipinski definition) is 2. The lowest BCUT2D eigenvalue weighted by Crippen LogP contribution is -2.35. The second-order valence-electron chi connectivity index (χ2n) is 4.28. The number of nitrogens with one attached hydrogen (secondary N) is 1. The van der Waals surface area contributed by atoms with Gasteiger partial charge < -0.3 is 5.32 Å². The van der Waals surface area contributed by atoms with Crippen molar-refractivity contribution in [2.75, 3.05) is 5.32 Å². The highest BCUT2D eigenvalue weighted by Gasteiger charge is 2.26. The smallest absolute Gasteiger partial charge is 0.125 e. The Morgan fingerprint density at radius 1 is 1.29 bits per heavy atom. The molecule has 1 atom stereocenters. The Balaban J connectivity index is 2.79. The molecule has 2 nitrogen and oxygen atoms in total. The molecule has 3 heteroatoms. The van der Waals surface area contributed by atoms with Crippen LogP contribution in [0.4, 0.5) is 5.69 Å². The van der Waals surface area contributed by atoms with Crippen LogP contribution in [-0.2, 0) is 0 Å². The number of nitrogens with zero attached hydrogens (tertiary/aromatic N) is 1. The van der Waals surface area contributed by atoms with Gasteiger partial charge in [-0.25, -0.2) is 0 Å². The van der Waals surface area contributed by atoms with Gasteiger partial charge in [-0.2, -0.15) is 5.26 Å². The van der Waals surface area contributed by atoms with Gasteiger partial charge in [0, 0.05) is 10.7 Å². The van der Waals surface area contributed by atoms with E-state index < -0.39 is 5.54 Å². The first-order valence-electron chi connectivity index (χ1n) is 6.11. The summed E-state index contributed by atoms with van der Waals surface area (Å²) in [6.07, 6.45) is 3.83. The van der Waals surface area contributed by atoms with Crippen LogP contribution in [0.2, 0.25) is 5.02 Å². The Labute approximate surface area is 109 Å². The summed E-state index contributed by atoms with van der Waals surface area (Å²) in [6.45, 7) is 4.18. The maximum absolute atomic E-state index is 9.38. The third-order valence-electron chi connectivity index (χ3n) is 3.00. The molecule has 0 aliphatic heterocycles. The Hall–Kier alpha value is -1.20. The van der Waals surface area contributed by atoms with Crippen molar-refractivity contribution >= 4 is 17.3 Å². The summed E-state index contributed by atoms with van der Waals surface area (Å²) in [4.78, 5) is 0. The molecule has 0 aliphatic carbocycles. The number of unbranched alkanes of at least 4 members (excludes halogenated alkanes) is 1. The summed E-state index contributed by atoms with van der Waals surface area (Å²) in [5, 5.41) is 13.4. The minimum Gasteiger partial charge on any atom is -0.367 e. The van der Waals surface area contributed by atoms with Gasteiger partial charge in [-0.05, 0) is 37.1 Å². The van der Waals surface area contributed by atoms with Gasteiger partial charge in [0.05, 0.1) is 6.07 Å². The van der Waals surface area contributed by atoms with Crippen LogP contribution in [0, 0.1) is 11.3 Å². The number of nitriles is 1. The van der Waals surface area contributed by atoms with E-state index >= 15 is 0 Å². The van der Waals surface area contributed by atoms with Crippen molar-refractivity contribution < 1.29 is 0 Å². The lowest BCUT2D eigenvalue weighted by atomic mass is 9.91. The normalized spacial score (nSPS) is 13.8. The van der Waals surface area contributed by atoms with E-state index in [4.69, 9.17) is 11.6 Å². The van der Waals surface area contributed by atoms with Crippen molar-refractivity contribution in [3.05, 3.63) is 29.3 Å². The molecule has 92 valence electrons. The van der Waals surface area contributed by atoms with Crippen molar-refractivity contribution in [2.45, 2.75) is 45.1 Å². The van der Waals surface area contributed by atoms with Crippen molar-refractivity contribution in [3.63, 3.8) is 0 Å². The first-order valence-corrected chi connectivity index (χ1v) is 6.48. The lowest BCUT2D eigenvalue weighted by molar-refractivity contribution is 0.497. The van der Waals surface area contributed by atoms with Gasteiger partial charge in [-0.15, -0.1) is 0 Å². The van der Waals surface area contributed by atoms with Crippen molar-refractivity contribution in [1.82, 2.24) is 0 Å². The summed E-state index contributed by atoms with van der Waals surface area (Å²) in [6, 6.07) is 9.91. The van der Waals surface area contributed by atoms with E-state index in [0.29, 0.717) is 5.02 Å². The minimum atomic E-state index is -0.455. The molecule has 1 rings (SSSR count). The molecule has 0 heterocycles. The highest BCUT2D eigenvalue weighted by atomic mass is 35.5. The topological polar surface area (TPSA) is 35.8 Å². The van der Waals surface area contributed by atoms with E-state index in [1.807, 2.05) is 31.2 Å². The summed E-state index contributed by atoms with van der Waals surface area (Å²) in [5.41, 5.74) is 0.498. The fraction of sp³-hybridized carbons (Fsp3) is 0.500. The zero-order valence-electron chi connectivity index (χ0n) is 10.5. The van der Waals surface area contributed by atoms with Gasteiger partial charge >= 0.3 is 0 Å². The molecule has 0 saturated carbocycles. The van der Waals surface area contributed by atoms with E-state index in [1.165, 1.54) is 0 Å². The fourth-order valence-corrected chi connectivity index (χ4v) is 1.90.